The summed E-state index contributed by atoms with van der Waals surface area (Å²) >= 11 is 7.53. The van der Waals surface area contributed by atoms with Gasteiger partial charge in [0.1, 0.15) is 10.8 Å². The Hall–Kier alpha value is -1.52. The Morgan fingerprint density at radius 2 is 2.19 bits per heavy atom. The van der Waals surface area contributed by atoms with E-state index >= 15 is 0 Å². The van der Waals surface area contributed by atoms with Crippen molar-refractivity contribution < 1.29 is 0 Å². The monoisotopic (exact) mass is 249 g/mol. The van der Waals surface area contributed by atoms with Gasteiger partial charge >= 0.3 is 0 Å². The van der Waals surface area contributed by atoms with Crippen LogP contribution in [0.1, 0.15) is 5.56 Å². The van der Waals surface area contributed by atoms with Crippen LogP contribution in [0, 0.1) is 0 Å². The number of rotatable bonds is 0. The van der Waals surface area contributed by atoms with Crippen molar-refractivity contribution in [1.82, 2.24) is 0 Å². The number of fused-ring (bicyclic) bond motifs is 2. The smallest absolute Gasteiger partial charge is 0.134 e. The first-order valence-corrected chi connectivity index (χ1v) is 5.98. The Morgan fingerprint density at radius 1 is 1.31 bits per heavy atom. The molecule has 80 valence electrons. The van der Waals surface area contributed by atoms with Gasteiger partial charge in [0, 0.05) is 5.02 Å². The molecule has 0 fully saturated rings. The molecule has 1 aromatic heterocycles. The number of nitrogens with one attached hydrogen (secondary N) is 1. The highest BCUT2D eigenvalue weighted by molar-refractivity contribution is 7.14. The Labute approximate surface area is 102 Å². The zero-order valence-corrected chi connectivity index (χ0v) is 9.77. The fourth-order valence-electron chi connectivity index (χ4n) is 1.62. The minimum Gasteiger partial charge on any atom is -0.383 e. The molecule has 0 aliphatic carbocycles. The molecule has 1 aromatic carbocycles. The van der Waals surface area contributed by atoms with Gasteiger partial charge in [0.15, 0.2) is 0 Å². The van der Waals surface area contributed by atoms with E-state index in [1.165, 1.54) is 0 Å². The SMILES string of the molecule is NC1=Nc2cc(Cl)ccc2Nc2sccc21. The summed E-state index contributed by atoms with van der Waals surface area (Å²) in [5.41, 5.74) is 8.57. The second-order valence-corrected chi connectivity index (χ2v) is 4.80. The third-order valence-electron chi connectivity index (χ3n) is 2.39. The van der Waals surface area contributed by atoms with Gasteiger partial charge in [-0.25, -0.2) is 4.99 Å². The highest BCUT2D eigenvalue weighted by atomic mass is 35.5. The van der Waals surface area contributed by atoms with E-state index in [4.69, 9.17) is 17.3 Å². The molecule has 2 heterocycles. The predicted octanol–water partition coefficient (Wildman–Crippen LogP) is 3.50. The van der Waals surface area contributed by atoms with Crippen LogP contribution in [-0.2, 0) is 0 Å². The molecular formula is C11H8ClN3S. The van der Waals surface area contributed by atoms with Crippen LogP contribution in [-0.4, -0.2) is 5.84 Å². The molecule has 3 rings (SSSR count). The van der Waals surface area contributed by atoms with Gasteiger partial charge in [-0.15, -0.1) is 11.3 Å². The van der Waals surface area contributed by atoms with E-state index in [9.17, 15) is 0 Å². The normalized spacial score (nSPS) is 13.2. The van der Waals surface area contributed by atoms with Crippen molar-refractivity contribution in [2.24, 2.45) is 10.7 Å². The number of hydrogen-bond donors (Lipinski definition) is 2. The Morgan fingerprint density at radius 3 is 3.06 bits per heavy atom. The van der Waals surface area contributed by atoms with E-state index in [-0.39, 0.29) is 0 Å². The number of benzene rings is 1. The number of hydrogen-bond acceptors (Lipinski definition) is 4. The largest absolute Gasteiger partial charge is 0.383 e. The number of aliphatic imine (C=N–C) groups is 1. The molecule has 0 saturated heterocycles. The predicted molar refractivity (Wildman–Crippen MR) is 69.4 cm³/mol. The van der Waals surface area contributed by atoms with Gasteiger partial charge in [-0.05, 0) is 29.6 Å². The van der Waals surface area contributed by atoms with Crippen molar-refractivity contribution in [3.8, 4) is 0 Å². The fourth-order valence-corrected chi connectivity index (χ4v) is 2.60. The molecule has 16 heavy (non-hydrogen) atoms. The van der Waals surface area contributed by atoms with E-state index in [0.717, 1.165) is 21.9 Å². The molecule has 0 atom stereocenters. The van der Waals surface area contributed by atoms with Crippen LogP contribution in [0.2, 0.25) is 5.02 Å². The number of halogens is 1. The van der Waals surface area contributed by atoms with Crippen LogP contribution in [0.3, 0.4) is 0 Å². The van der Waals surface area contributed by atoms with Crippen LogP contribution in [0.25, 0.3) is 0 Å². The van der Waals surface area contributed by atoms with Crippen molar-refractivity contribution in [3.63, 3.8) is 0 Å². The van der Waals surface area contributed by atoms with E-state index in [1.807, 2.05) is 23.6 Å². The van der Waals surface area contributed by atoms with Gasteiger partial charge in [-0.2, -0.15) is 0 Å². The topological polar surface area (TPSA) is 50.4 Å². The molecule has 0 amide bonds. The van der Waals surface area contributed by atoms with Crippen molar-refractivity contribution in [2.45, 2.75) is 0 Å². The first-order valence-electron chi connectivity index (χ1n) is 4.72. The van der Waals surface area contributed by atoms with E-state index in [1.54, 1.807) is 17.4 Å². The maximum Gasteiger partial charge on any atom is 0.134 e. The van der Waals surface area contributed by atoms with Gasteiger partial charge in [0.2, 0.25) is 0 Å². The second-order valence-electron chi connectivity index (χ2n) is 3.45. The average molecular weight is 250 g/mol. The minimum absolute atomic E-state index is 0.518. The summed E-state index contributed by atoms with van der Waals surface area (Å²) < 4.78 is 0. The van der Waals surface area contributed by atoms with Crippen molar-refractivity contribution in [3.05, 3.63) is 40.2 Å². The summed E-state index contributed by atoms with van der Waals surface area (Å²) in [6, 6.07) is 7.49. The molecule has 0 radical (unpaired) electrons. The molecule has 1 aliphatic rings. The zero-order chi connectivity index (χ0) is 11.1. The van der Waals surface area contributed by atoms with Gasteiger partial charge in [-0.3, -0.25) is 0 Å². The highest BCUT2D eigenvalue weighted by Crippen LogP contribution is 2.37. The lowest BCUT2D eigenvalue weighted by Crippen LogP contribution is -2.11. The molecule has 3 nitrogen and oxygen atoms in total. The van der Waals surface area contributed by atoms with Crippen molar-refractivity contribution in [2.75, 3.05) is 5.32 Å². The molecule has 0 spiro atoms. The van der Waals surface area contributed by atoms with Crippen LogP contribution in [0.5, 0.6) is 0 Å². The summed E-state index contributed by atoms with van der Waals surface area (Å²) in [7, 11) is 0. The number of thiophene rings is 1. The van der Waals surface area contributed by atoms with Crippen LogP contribution in [0.4, 0.5) is 16.4 Å². The van der Waals surface area contributed by atoms with Crippen LogP contribution in [0.15, 0.2) is 34.6 Å². The van der Waals surface area contributed by atoms with Gasteiger partial charge in [-0.1, -0.05) is 11.6 Å². The third kappa shape index (κ3) is 1.47. The molecule has 0 unspecified atom stereocenters. The van der Waals surface area contributed by atoms with Gasteiger partial charge in [0.05, 0.1) is 16.9 Å². The zero-order valence-electron chi connectivity index (χ0n) is 8.20. The lowest BCUT2D eigenvalue weighted by molar-refractivity contribution is 1.48. The number of amidine groups is 1. The summed E-state index contributed by atoms with van der Waals surface area (Å²) in [6.45, 7) is 0. The van der Waals surface area contributed by atoms with E-state index in [2.05, 4.69) is 10.3 Å². The lowest BCUT2D eigenvalue weighted by atomic mass is 10.3. The number of nitrogens with two attached hydrogens (primary N) is 1. The maximum atomic E-state index is 5.93. The first kappa shape index (κ1) is 9.69. The van der Waals surface area contributed by atoms with E-state index < -0.39 is 0 Å². The quantitative estimate of drug-likeness (QED) is 0.751. The number of nitrogens with zero attached hydrogens (tertiary/aromatic N) is 1. The molecule has 5 heteroatoms. The summed E-state index contributed by atoms with van der Waals surface area (Å²) in [5.74, 6) is 0.518. The maximum absolute atomic E-state index is 5.93. The summed E-state index contributed by atoms with van der Waals surface area (Å²) in [4.78, 5) is 4.37. The molecule has 2 aromatic rings. The second kappa shape index (κ2) is 3.50. The molecule has 3 N–H and O–H groups in total. The number of anilines is 2. The molecular weight excluding hydrogens is 242 g/mol. The van der Waals surface area contributed by atoms with Crippen LogP contribution < -0.4 is 11.1 Å². The first-order chi connectivity index (χ1) is 7.74. The van der Waals surface area contributed by atoms with E-state index in [0.29, 0.717) is 10.9 Å². The highest BCUT2D eigenvalue weighted by Gasteiger charge is 2.15. The molecule has 0 bridgehead atoms. The third-order valence-corrected chi connectivity index (χ3v) is 3.46. The van der Waals surface area contributed by atoms with Gasteiger partial charge < -0.3 is 11.1 Å². The Balaban J connectivity index is 2.23. The van der Waals surface area contributed by atoms with Crippen LogP contribution >= 0.6 is 22.9 Å². The standard InChI is InChI=1S/C11H8ClN3S/c12-6-1-2-8-9(5-6)14-10(13)7-3-4-16-11(7)15-8/h1-5,15H,(H2,13,14). The van der Waals surface area contributed by atoms with Gasteiger partial charge in [0.25, 0.3) is 0 Å². The Kier molecular flexibility index (Phi) is 2.12. The fraction of sp³-hybridized carbons (Fsp3) is 0. The Bertz CT molecular complexity index is 589. The molecule has 1 aliphatic heterocycles. The lowest BCUT2D eigenvalue weighted by Gasteiger charge is -2.05. The average Bonchev–Trinajstić information content (AvgIpc) is 2.65. The minimum atomic E-state index is 0.518. The summed E-state index contributed by atoms with van der Waals surface area (Å²) in [5, 5.41) is 6.96. The van der Waals surface area contributed by atoms with Crippen molar-refractivity contribution in [1.29, 1.82) is 0 Å². The summed E-state index contributed by atoms with van der Waals surface area (Å²) in [6.07, 6.45) is 0. The molecule has 0 saturated carbocycles. The van der Waals surface area contributed by atoms with Crippen molar-refractivity contribution >= 4 is 45.1 Å².